The number of nitrogens with zero attached hydrogens (tertiary/aromatic N) is 1. The lowest BCUT2D eigenvalue weighted by atomic mass is 10.1. The molecule has 2 aromatic carbocycles. The molecule has 26 heavy (non-hydrogen) atoms. The van der Waals surface area contributed by atoms with E-state index in [2.05, 4.69) is 9.99 Å². The molecule has 140 valence electrons. The minimum Gasteiger partial charge on any atom is -0.399 e. The molecule has 6 heteroatoms. The van der Waals surface area contributed by atoms with Crippen molar-refractivity contribution in [3.05, 3.63) is 71.8 Å². The molecule has 1 N–H and O–H groups in total. The van der Waals surface area contributed by atoms with Gasteiger partial charge in [0.1, 0.15) is 19.3 Å². The molecule has 0 saturated heterocycles. The Morgan fingerprint density at radius 1 is 1.00 bits per heavy atom. The Morgan fingerprint density at radius 3 is 2.15 bits per heavy atom. The lowest BCUT2D eigenvalue weighted by Gasteiger charge is -2.24. The highest BCUT2D eigenvalue weighted by Gasteiger charge is 2.29. The van der Waals surface area contributed by atoms with Gasteiger partial charge >= 0.3 is 0 Å². The number of alkyl halides is 1. The second-order valence-electron chi connectivity index (χ2n) is 5.71. The number of hydrogen-bond donors (Lipinski definition) is 1. The van der Waals surface area contributed by atoms with Crippen molar-refractivity contribution >= 4 is 6.21 Å². The van der Waals surface area contributed by atoms with Crippen LogP contribution in [0.4, 0.5) is 4.39 Å². The van der Waals surface area contributed by atoms with E-state index in [1.54, 1.807) is 0 Å². The van der Waals surface area contributed by atoms with Crippen molar-refractivity contribution in [1.82, 2.24) is 0 Å². The first kappa shape index (κ1) is 20.0. The Kier molecular flexibility index (Phi) is 8.75. The highest BCUT2D eigenvalue weighted by atomic mass is 19.1. The van der Waals surface area contributed by atoms with Crippen molar-refractivity contribution < 1.29 is 23.8 Å². The Morgan fingerprint density at radius 2 is 1.58 bits per heavy atom. The van der Waals surface area contributed by atoms with E-state index >= 15 is 0 Å². The van der Waals surface area contributed by atoms with Crippen molar-refractivity contribution in [1.29, 1.82) is 0 Å². The van der Waals surface area contributed by atoms with E-state index in [1.165, 1.54) is 7.11 Å². The third kappa shape index (κ3) is 6.92. The molecule has 2 rings (SSSR count). The van der Waals surface area contributed by atoms with Crippen LogP contribution in [0.25, 0.3) is 0 Å². The molecule has 0 fully saturated rings. The molecule has 0 aliphatic heterocycles. The van der Waals surface area contributed by atoms with Crippen LogP contribution in [-0.4, -0.2) is 43.4 Å². The molecule has 0 spiro atoms. The number of halogens is 1. The molecule has 0 amide bonds. The summed E-state index contributed by atoms with van der Waals surface area (Å²) in [5.41, 5.74) is 1.85. The van der Waals surface area contributed by atoms with E-state index < -0.39 is 18.4 Å². The molecule has 0 unspecified atom stereocenters. The maximum absolute atomic E-state index is 14.4. The monoisotopic (exact) mass is 361 g/mol. The lowest BCUT2D eigenvalue weighted by Crippen LogP contribution is -2.41. The second-order valence-corrected chi connectivity index (χ2v) is 5.71. The number of aliphatic hydroxyl groups excluding tert-OH is 1. The standard InChI is InChI=1S/C20H24FNO4/c1-24-22-12-18(21)20(26-14-17-10-6-3-7-11-17)19(23)15-25-13-16-8-4-2-5-9-16/h2-12,18-20,23H,13-15H2,1H3/t18-,19-,20-/m0/s1. The lowest BCUT2D eigenvalue weighted by molar-refractivity contribution is -0.0974. The van der Waals surface area contributed by atoms with Crippen molar-refractivity contribution in [3.63, 3.8) is 0 Å². The summed E-state index contributed by atoms with van der Waals surface area (Å²) in [7, 11) is 1.32. The van der Waals surface area contributed by atoms with Crippen LogP contribution in [0, 0.1) is 0 Å². The van der Waals surface area contributed by atoms with Gasteiger partial charge in [-0.1, -0.05) is 65.8 Å². The predicted molar refractivity (Wildman–Crippen MR) is 97.5 cm³/mol. The van der Waals surface area contributed by atoms with Gasteiger partial charge in [0.25, 0.3) is 0 Å². The van der Waals surface area contributed by atoms with Gasteiger partial charge in [0, 0.05) is 0 Å². The zero-order chi connectivity index (χ0) is 18.6. The molecule has 0 aromatic heterocycles. The summed E-state index contributed by atoms with van der Waals surface area (Å²) < 4.78 is 25.5. The summed E-state index contributed by atoms with van der Waals surface area (Å²) in [6.45, 7) is 0.435. The zero-order valence-electron chi connectivity index (χ0n) is 14.7. The first-order valence-electron chi connectivity index (χ1n) is 8.36. The molecule has 0 bridgehead atoms. The number of rotatable bonds is 11. The van der Waals surface area contributed by atoms with Crippen LogP contribution < -0.4 is 0 Å². The number of hydrogen-bond acceptors (Lipinski definition) is 5. The third-order valence-electron chi connectivity index (χ3n) is 3.69. The van der Waals surface area contributed by atoms with Crippen molar-refractivity contribution in [2.24, 2.45) is 5.16 Å². The Labute approximate surface area is 153 Å². The molecule has 0 heterocycles. The quantitative estimate of drug-likeness (QED) is 0.493. The number of ether oxygens (including phenoxy) is 2. The third-order valence-corrected chi connectivity index (χ3v) is 3.69. The maximum atomic E-state index is 14.4. The van der Waals surface area contributed by atoms with E-state index in [9.17, 15) is 9.50 Å². The smallest absolute Gasteiger partial charge is 0.167 e. The first-order chi connectivity index (χ1) is 12.7. The fraction of sp³-hybridized carbons (Fsp3) is 0.350. The van der Waals surface area contributed by atoms with Gasteiger partial charge in [0.15, 0.2) is 6.17 Å². The fourth-order valence-electron chi connectivity index (χ4n) is 2.35. The Hall–Kier alpha value is -2.28. The van der Waals surface area contributed by atoms with Gasteiger partial charge < -0.3 is 19.4 Å². The summed E-state index contributed by atoms with van der Waals surface area (Å²) in [5.74, 6) is 0. The van der Waals surface area contributed by atoms with E-state index in [0.717, 1.165) is 17.3 Å². The molecule has 0 aliphatic rings. The van der Waals surface area contributed by atoms with E-state index in [0.29, 0.717) is 6.61 Å². The van der Waals surface area contributed by atoms with Gasteiger partial charge in [-0.05, 0) is 11.1 Å². The van der Waals surface area contributed by atoms with Crippen molar-refractivity contribution in [2.75, 3.05) is 13.7 Å². The van der Waals surface area contributed by atoms with Crippen LogP contribution in [0.2, 0.25) is 0 Å². The Balaban J connectivity index is 1.91. The molecule has 0 radical (unpaired) electrons. The number of oxime groups is 1. The second kappa shape index (κ2) is 11.4. The van der Waals surface area contributed by atoms with Gasteiger partial charge in [-0.2, -0.15) is 0 Å². The van der Waals surface area contributed by atoms with Crippen molar-refractivity contribution in [3.8, 4) is 0 Å². The van der Waals surface area contributed by atoms with Crippen LogP contribution in [0.5, 0.6) is 0 Å². The van der Waals surface area contributed by atoms with Gasteiger partial charge in [-0.25, -0.2) is 4.39 Å². The highest BCUT2D eigenvalue weighted by molar-refractivity contribution is 5.63. The van der Waals surface area contributed by atoms with E-state index in [-0.39, 0.29) is 13.2 Å². The summed E-state index contributed by atoms with van der Waals surface area (Å²) >= 11 is 0. The number of benzene rings is 2. The van der Waals surface area contributed by atoms with Crippen molar-refractivity contribution in [2.45, 2.75) is 31.6 Å². The molecule has 5 nitrogen and oxygen atoms in total. The summed E-state index contributed by atoms with van der Waals surface area (Å²) in [4.78, 5) is 4.51. The van der Waals surface area contributed by atoms with Gasteiger partial charge in [0.2, 0.25) is 0 Å². The minimum absolute atomic E-state index is 0.0599. The molecule has 2 aromatic rings. The molecule has 0 aliphatic carbocycles. The SMILES string of the molecule is CON=C[C@H](F)[C@H](OCc1ccccc1)[C@@H](O)COCc1ccccc1. The molecule has 0 saturated carbocycles. The van der Waals surface area contributed by atoms with Crippen LogP contribution in [-0.2, 0) is 27.5 Å². The van der Waals surface area contributed by atoms with E-state index in [1.807, 2.05) is 60.7 Å². The summed E-state index contributed by atoms with van der Waals surface area (Å²) in [6.07, 6.45) is -2.93. The number of aliphatic hydroxyl groups is 1. The average Bonchev–Trinajstić information content (AvgIpc) is 2.68. The van der Waals surface area contributed by atoms with Gasteiger partial charge in [0.05, 0.1) is 26.0 Å². The van der Waals surface area contributed by atoms with Crippen LogP contribution in [0.1, 0.15) is 11.1 Å². The molecular weight excluding hydrogens is 337 g/mol. The summed E-state index contributed by atoms with van der Waals surface area (Å²) in [6, 6.07) is 18.9. The normalized spacial score (nSPS) is 14.9. The molecular formula is C20H24FNO4. The molecule has 3 atom stereocenters. The van der Waals surface area contributed by atoms with Crippen LogP contribution in [0.15, 0.2) is 65.8 Å². The largest absolute Gasteiger partial charge is 0.399 e. The predicted octanol–water partition coefficient (Wildman–Crippen LogP) is 3.12. The van der Waals surface area contributed by atoms with Crippen LogP contribution in [0.3, 0.4) is 0 Å². The fourth-order valence-corrected chi connectivity index (χ4v) is 2.35. The first-order valence-corrected chi connectivity index (χ1v) is 8.36. The Bertz CT molecular complexity index is 639. The zero-order valence-corrected chi connectivity index (χ0v) is 14.7. The minimum atomic E-state index is -1.63. The summed E-state index contributed by atoms with van der Waals surface area (Å²) in [5, 5.41) is 13.8. The van der Waals surface area contributed by atoms with Gasteiger partial charge in [-0.3, -0.25) is 0 Å². The topological polar surface area (TPSA) is 60.3 Å². The van der Waals surface area contributed by atoms with Gasteiger partial charge in [-0.15, -0.1) is 0 Å². The maximum Gasteiger partial charge on any atom is 0.167 e. The highest BCUT2D eigenvalue weighted by Crippen LogP contribution is 2.13. The van der Waals surface area contributed by atoms with E-state index in [4.69, 9.17) is 9.47 Å². The van der Waals surface area contributed by atoms with Crippen LogP contribution >= 0.6 is 0 Å². The average molecular weight is 361 g/mol.